The van der Waals surface area contributed by atoms with E-state index in [0.29, 0.717) is 25.4 Å². The SMILES string of the molecule is CCN(CC(C)C#N)C(=O)CCCCCl. The fourth-order valence-corrected chi connectivity index (χ4v) is 1.50. The van der Waals surface area contributed by atoms with Crippen LogP contribution in [0.3, 0.4) is 0 Å². The van der Waals surface area contributed by atoms with Gasteiger partial charge in [-0.05, 0) is 26.7 Å². The molecule has 0 heterocycles. The summed E-state index contributed by atoms with van der Waals surface area (Å²) in [5.74, 6) is 0.639. The number of nitrogens with zero attached hydrogens (tertiary/aromatic N) is 2. The maximum atomic E-state index is 11.7. The third-order valence-electron chi connectivity index (χ3n) is 2.22. The highest BCUT2D eigenvalue weighted by molar-refractivity contribution is 6.17. The first-order valence-electron chi connectivity index (χ1n) is 5.39. The Morgan fingerprint density at radius 3 is 2.67 bits per heavy atom. The van der Waals surface area contributed by atoms with Crippen LogP contribution >= 0.6 is 11.6 Å². The van der Waals surface area contributed by atoms with Crippen LogP contribution in [0.25, 0.3) is 0 Å². The van der Waals surface area contributed by atoms with Crippen molar-refractivity contribution < 1.29 is 4.79 Å². The van der Waals surface area contributed by atoms with Gasteiger partial charge in [0.1, 0.15) is 0 Å². The van der Waals surface area contributed by atoms with Gasteiger partial charge in [0.15, 0.2) is 0 Å². The van der Waals surface area contributed by atoms with Crippen LogP contribution in [0.15, 0.2) is 0 Å². The zero-order valence-electron chi connectivity index (χ0n) is 9.50. The Hall–Kier alpha value is -0.750. The fraction of sp³-hybridized carbons (Fsp3) is 0.818. The van der Waals surface area contributed by atoms with E-state index in [-0.39, 0.29) is 11.8 Å². The van der Waals surface area contributed by atoms with Crippen molar-refractivity contribution in [2.45, 2.75) is 33.1 Å². The van der Waals surface area contributed by atoms with Gasteiger partial charge in [-0.2, -0.15) is 5.26 Å². The molecule has 1 amide bonds. The number of amides is 1. The number of halogens is 1. The van der Waals surface area contributed by atoms with E-state index in [4.69, 9.17) is 16.9 Å². The average molecular weight is 231 g/mol. The molecule has 0 aromatic heterocycles. The minimum atomic E-state index is -0.0954. The van der Waals surface area contributed by atoms with Crippen molar-refractivity contribution in [2.24, 2.45) is 5.92 Å². The van der Waals surface area contributed by atoms with Gasteiger partial charge in [-0.25, -0.2) is 0 Å². The molecular weight excluding hydrogens is 212 g/mol. The van der Waals surface area contributed by atoms with Crippen molar-refractivity contribution in [3.05, 3.63) is 0 Å². The molecule has 1 atom stereocenters. The molecule has 0 aromatic rings. The summed E-state index contributed by atoms with van der Waals surface area (Å²) in [6.45, 7) is 4.97. The molecule has 0 aliphatic carbocycles. The monoisotopic (exact) mass is 230 g/mol. The quantitative estimate of drug-likeness (QED) is 0.498. The summed E-state index contributed by atoms with van der Waals surface area (Å²) in [4.78, 5) is 13.4. The standard InChI is InChI=1S/C11H19ClN2O/c1-3-14(9-10(2)8-13)11(15)6-4-5-7-12/h10H,3-7,9H2,1-2H3. The van der Waals surface area contributed by atoms with E-state index in [1.165, 1.54) is 0 Å². The highest BCUT2D eigenvalue weighted by atomic mass is 35.5. The van der Waals surface area contributed by atoms with Gasteiger partial charge < -0.3 is 4.90 Å². The molecule has 0 aromatic carbocycles. The second-order valence-corrected chi connectivity index (χ2v) is 3.99. The summed E-state index contributed by atoms with van der Waals surface area (Å²) in [6.07, 6.45) is 2.25. The first-order chi connectivity index (χ1) is 7.15. The molecule has 0 bridgehead atoms. The van der Waals surface area contributed by atoms with Gasteiger partial charge in [0.25, 0.3) is 0 Å². The smallest absolute Gasteiger partial charge is 0.222 e. The van der Waals surface area contributed by atoms with E-state index < -0.39 is 0 Å². The van der Waals surface area contributed by atoms with Gasteiger partial charge in [0.2, 0.25) is 5.91 Å². The summed E-state index contributed by atoms with van der Waals surface area (Å²) in [5, 5.41) is 8.67. The van der Waals surface area contributed by atoms with Crippen LogP contribution in [0.2, 0.25) is 0 Å². The summed E-state index contributed by atoms with van der Waals surface area (Å²) in [5.41, 5.74) is 0. The van der Waals surface area contributed by atoms with Crippen LogP contribution in [0, 0.1) is 17.2 Å². The van der Waals surface area contributed by atoms with Crippen LogP contribution in [0.5, 0.6) is 0 Å². The van der Waals surface area contributed by atoms with Crippen molar-refractivity contribution in [2.75, 3.05) is 19.0 Å². The number of carbonyl (C=O) groups excluding carboxylic acids is 1. The Kier molecular flexibility index (Phi) is 8.12. The molecule has 1 unspecified atom stereocenters. The van der Waals surface area contributed by atoms with Gasteiger partial charge >= 0.3 is 0 Å². The van der Waals surface area contributed by atoms with Crippen molar-refractivity contribution >= 4 is 17.5 Å². The first-order valence-corrected chi connectivity index (χ1v) is 5.92. The van der Waals surface area contributed by atoms with Crippen LogP contribution < -0.4 is 0 Å². The highest BCUT2D eigenvalue weighted by Crippen LogP contribution is 2.05. The lowest BCUT2D eigenvalue weighted by Crippen LogP contribution is -2.34. The average Bonchev–Trinajstić information content (AvgIpc) is 2.25. The van der Waals surface area contributed by atoms with Crippen molar-refractivity contribution in [1.82, 2.24) is 4.90 Å². The summed E-state index contributed by atoms with van der Waals surface area (Å²) in [7, 11) is 0. The minimum absolute atomic E-state index is 0.0954. The maximum Gasteiger partial charge on any atom is 0.222 e. The molecule has 0 N–H and O–H groups in total. The summed E-state index contributed by atoms with van der Waals surface area (Å²) >= 11 is 5.54. The molecule has 0 rings (SSSR count). The summed E-state index contributed by atoms with van der Waals surface area (Å²) in [6, 6.07) is 2.14. The Bertz CT molecular complexity index is 225. The molecule has 3 nitrogen and oxygen atoms in total. The van der Waals surface area contributed by atoms with E-state index in [1.54, 1.807) is 4.90 Å². The van der Waals surface area contributed by atoms with E-state index in [9.17, 15) is 4.79 Å². The van der Waals surface area contributed by atoms with Gasteiger partial charge in [-0.1, -0.05) is 0 Å². The minimum Gasteiger partial charge on any atom is -0.342 e. The number of nitriles is 1. The Morgan fingerprint density at radius 1 is 1.53 bits per heavy atom. The summed E-state index contributed by atoms with van der Waals surface area (Å²) < 4.78 is 0. The predicted molar refractivity (Wildman–Crippen MR) is 61.6 cm³/mol. The van der Waals surface area contributed by atoms with Gasteiger partial charge in [0.05, 0.1) is 12.0 Å². The topological polar surface area (TPSA) is 44.1 Å². The van der Waals surface area contributed by atoms with E-state index in [1.807, 2.05) is 13.8 Å². The molecule has 4 heteroatoms. The van der Waals surface area contributed by atoms with Crippen molar-refractivity contribution in [3.8, 4) is 6.07 Å². The van der Waals surface area contributed by atoms with Crippen LogP contribution in [0.1, 0.15) is 33.1 Å². The molecule has 86 valence electrons. The number of unbranched alkanes of at least 4 members (excludes halogenated alkanes) is 1. The van der Waals surface area contributed by atoms with Gasteiger partial charge in [0, 0.05) is 25.4 Å². The normalized spacial score (nSPS) is 11.9. The van der Waals surface area contributed by atoms with Crippen molar-refractivity contribution in [3.63, 3.8) is 0 Å². The van der Waals surface area contributed by atoms with E-state index in [2.05, 4.69) is 6.07 Å². The Morgan fingerprint density at radius 2 is 2.20 bits per heavy atom. The molecular formula is C11H19ClN2O. The number of alkyl halides is 1. The third-order valence-corrected chi connectivity index (χ3v) is 2.49. The Labute approximate surface area is 97.0 Å². The number of rotatable bonds is 7. The van der Waals surface area contributed by atoms with Crippen LogP contribution in [0.4, 0.5) is 0 Å². The van der Waals surface area contributed by atoms with Crippen LogP contribution in [-0.4, -0.2) is 29.8 Å². The number of carbonyl (C=O) groups is 1. The molecule has 0 saturated carbocycles. The molecule has 0 aliphatic rings. The third kappa shape index (κ3) is 6.35. The largest absolute Gasteiger partial charge is 0.342 e. The molecule has 0 radical (unpaired) electrons. The first kappa shape index (κ1) is 14.2. The lowest BCUT2D eigenvalue weighted by molar-refractivity contribution is -0.131. The lowest BCUT2D eigenvalue weighted by atomic mass is 10.1. The van der Waals surface area contributed by atoms with E-state index in [0.717, 1.165) is 12.8 Å². The maximum absolute atomic E-state index is 11.7. The van der Waals surface area contributed by atoms with Crippen LogP contribution in [-0.2, 0) is 4.79 Å². The predicted octanol–water partition coefficient (Wildman–Crippen LogP) is 2.40. The Balaban J connectivity index is 3.94. The lowest BCUT2D eigenvalue weighted by Gasteiger charge is -2.21. The second kappa shape index (κ2) is 8.55. The zero-order valence-corrected chi connectivity index (χ0v) is 10.3. The molecule has 0 aliphatic heterocycles. The second-order valence-electron chi connectivity index (χ2n) is 3.61. The van der Waals surface area contributed by atoms with Gasteiger partial charge in [-0.3, -0.25) is 4.79 Å². The van der Waals surface area contributed by atoms with E-state index >= 15 is 0 Å². The molecule has 0 saturated heterocycles. The zero-order chi connectivity index (χ0) is 11.7. The number of hydrogen-bond donors (Lipinski definition) is 0. The van der Waals surface area contributed by atoms with Gasteiger partial charge in [-0.15, -0.1) is 11.6 Å². The highest BCUT2D eigenvalue weighted by Gasteiger charge is 2.13. The molecule has 0 fully saturated rings. The fourth-order valence-electron chi connectivity index (χ4n) is 1.31. The number of hydrogen-bond acceptors (Lipinski definition) is 2. The van der Waals surface area contributed by atoms with Crippen molar-refractivity contribution in [1.29, 1.82) is 5.26 Å². The molecule has 15 heavy (non-hydrogen) atoms. The molecule has 0 spiro atoms.